The van der Waals surface area contributed by atoms with Crippen LogP contribution in [0.5, 0.6) is 0 Å². The van der Waals surface area contributed by atoms with E-state index in [1.165, 1.54) is 0 Å². The monoisotopic (exact) mass is 467 g/mol. The molecule has 1 aromatic heterocycles. The van der Waals surface area contributed by atoms with E-state index in [9.17, 15) is 9.90 Å². The van der Waals surface area contributed by atoms with E-state index in [1.807, 2.05) is 26.1 Å². The minimum absolute atomic E-state index is 0.127. The molecule has 0 spiro atoms. The summed E-state index contributed by atoms with van der Waals surface area (Å²) in [5.74, 6) is -1.73. The minimum Gasteiger partial charge on any atom is -0.481 e. The summed E-state index contributed by atoms with van der Waals surface area (Å²) in [7, 11) is -0.0461. The van der Waals surface area contributed by atoms with E-state index in [2.05, 4.69) is 69.3 Å². The first-order valence-electron chi connectivity index (χ1n) is 11.5. The second-order valence-corrected chi connectivity index (χ2v) is 15.5. The maximum atomic E-state index is 12.1. The van der Waals surface area contributed by atoms with E-state index in [-0.39, 0.29) is 11.0 Å². The number of aryl methyl sites for hydroxylation is 3. The van der Waals surface area contributed by atoms with Gasteiger partial charge in [-0.25, -0.2) is 4.68 Å². The van der Waals surface area contributed by atoms with E-state index < -0.39 is 20.2 Å². The Labute approximate surface area is 198 Å². The lowest BCUT2D eigenvalue weighted by molar-refractivity contribution is -0.141. The van der Waals surface area contributed by atoms with Gasteiger partial charge in [0.25, 0.3) is 0 Å². The van der Waals surface area contributed by atoms with Gasteiger partial charge in [-0.2, -0.15) is 0 Å². The molecule has 0 saturated carbocycles. The van der Waals surface area contributed by atoms with Crippen LogP contribution >= 0.6 is 0 Å². The highest BCUT2D eigenvalue weighted by atomic mass is 28.4. The number of hydrogen-bond acceptors (Lipinski definition) is 4. The van der Waals surface area contributed by atoms with Crippen LogP contribution in [0.15, 0.2) is 30.3 Å². The van der Waals surface area contributed by atoms with Gasteiger partial charge in [-0.15, -0.1) is 5.10 Å². The lowest BCUT2D eigenvalue weighted by Crippen LogP contribution is -2.40. The summed E-state index contributed by atoms with van der Waals surface area (Å²) in [5.41, 5.74) is 6.93. The molecule has 7 heteroatoms. The zero-order chi connectivity index (χ0) is 24.7. The fourth-order valence-corrected chi connectivity index (χ4v) is 4.93. The molecule has 3 rings (SSSR count). The Kier molecular flexibility index (Phi) is 6.87. The maximum Gasteiger partial charge on any atom is 0.307 e. The summed E-state index contributed by atoms with van der Waals surface area (Å²) in [5, 5.41) is 18.5. The molecule has 3 aromatic rings. The number of nitrogens with zero attached hydrogens (tertiary/aromatic N) is 3. The van der Waals surface area contributed by atoms with Gasteiger partial charge in [0, 0.05) is 13.0 Å². The second-order valence-electron chi connectivity index (χ2n) is 10.7. The van der Waals surface area contributed by atoms with Crippen molar-refractivity contribution in [2.24, 2.45) is 13.0 Å². The first kappa shape index (κ1) is 25.1. The Balaban J connectivity index is 2.07. The third-order valence-corrected chi connectivity index (χ3v) is 11.9. The Hall–Kier alpha value is -2.51. The van der Waals surface area contributed by atoms with E-state index in [0.717, 1.165) is 38.9 Å². The Bertz CT molecular complexity index is 1180. The van der Waals surface area contributed by atoms with Crippen LogP contribution in [-0.2, 0) is 22.9 Å². The summed E-state index contributed by atoms with van der Waals surface area (Å²) >= 11 is 0. The fraction of sp³-hybridized carbons (Fsp3) is 0.500. The van der Waals surface area contributed by atoms with Crippen molar-refractivity contribution in [3.05, 3.63) is 58.1 Å². The number of benzene rings is 2. The Morgan fingerprint density at radius 1 is 1.18 bits per heavy atom. The highest BCUT2D eigenvalue weighted by Crippen LogP contribution is 2.39. The summed E-state index contributed by atoms with van der Waals surface area (Å²) in [6.07, 6.45) is 0. The van der Waals surface area contributed by atoms with Gasteiger partial charge in [-0.3, -0.25) is 4.79 Å². The van der Waals surface area contributed by atoms with Gasteiger partial charge in [0.1, 0.15) is 5.52 Å². The van der Waals surface area contributed by atoms with Crippen molar-refractivity contribution in [3.8, 4) is 0 Å². The summed E-state index contributed by atoms with van der Waals surface area (Å²) < 4.78 is 8.23. The second kappa shape index (κ2) is 9.03. The summed E-state index contributed by atoms with van der Waals surface area (Å²) in [4.78, 5) is 12.1. The highest BCUT2D eigenvalue weighted by Gasteiger charge is 2.37. The van der Waals surface area contributed by atoms with E-state index >= 15 is 0 Å². The predicted octanol–water partition coefficient (Wildman–Crippen LogP) is 5.96. The Morgan fingerprint density at radius 2 is 1.85 bits per heavy atom. The van der Waals surface area contributed by atoms with Crippen LogP contribution in [0.2, 0.25) is 18.1 Å². The van der Waals surface area contributed by atoms with Crippen molar-refractivity contribution in [2.75, 3.05) is 0 Å². The van der Waals surface area contributed by atoms with Crippen molar-refractivity contribution in [1.82, 2.24) is 15.0 Å². The zero-order valence-electron chi connectivity index (χ0n) is 21.4. The van der Waals surface area contributed by atoms with Crippen molar-refractivity contribution >= 4 is 25.3 Å². The van der Waals surface area contributed by atoms with Gasteiger partial charge in [0.05, 0.1) is 18.0 Å². The van der Waals surface area contributed by atoms with Crippen LogP contribution in [0.1, 0.15) is 61.4 Å². The molecule has 178 valence electrons. The third-order valence-electron chi connectivity index (χ3n) is 7.43. The zero-order valence-corrected chi connectivity index (χ0v) is 22.4. The van der Waals surface area contributed by atoms with E-state index in [0.29, 0.717) is 6.61 Å². The molecule has 33 heavy (non-hydrogen) atoms. The molecule has 0 aliphatic rings. The molecule has 2 aromatic carbocycles. The number of rotatable bonds is 7. The number of hydrogen-bond donors (Lipinski definition) is 1. The first-order chi connectivity index (χ1) is 15.2. The molecular formula is C26H37N3O3Si. The van der Waals surface area contributed by atoms with Gasteiger partial charge in [0.2, 0.25) is 0 Å². The summed E-state index contributed by atoms with van der Waals surface area (Å²) in [6, 6.07) is 10.3. The number of carboxylic acid groups (broad SMARTS) is 1. The van der Waals surface area contributed by atoms with Crippen LogP contribution in [0.3, 0.4) is 0 Å². The largest absolute Gasteiger partial charge is 0.481 e. The number of fused-ring (bicyclic) bond motifs is 1. The third kappa shape index (κ3) is 4.89. The van der Waals surface area contributed by atoms with Gasteiger partial charge >= 0.3 is 5.97 Å². The number of carbonyl (C=O) groups is 1. The lowest BCUT2D eigenvalue weighted by Gasteiger charge is -2.36. The van der Waals surface area contributed by atoms with Crippen LogP contribution in [-0.4, -0.2) is 34.4 Å². The molecule has 0 bridgehead atoms. The molecule has 1 N–H and O–H groups in total. The van der Waals surface area contributed by atoms with Crippen molar-refractivity contribution < 1.29 is 14.3 Å². The molecule has 2 atom stereocenters. The molecule has 0 saturated heterocycles. The minimum atomic E-state index is -1.91. The van der Waals surface area contributed by atoms with Crippen LogP contribution < -0.4 is 0 Å². The topological polar surface area (TPSA) is 77.2 Å². The molecule has 1 heterocycles. The number of aromatic nitrogens is 3. The highest BCUT2D eigenvalue weighted by molar-refractivity contribution is 6.74. The summed E-state index contributed by atoms with van der Waals surface area (Å²) in [6.45, 7) is 17.6. The smallest absolute Gasteiger partial charge is 0.307 e. The first-order valence-corrected chi connectivity index (χ1v) is 14.4. The van der Waals surface area contributed by atoms with E-state index in [4.69, 9.17) is 4.43 Å². The van der Waals surface area contributed by atoms with Crippen LogP contribution in [0.4, 0.5) is 0 Å². The maximum absolute atomic E-state index is 12.1. The van der Waals surface area contributed by atoms with Gasteiger partial charge in [0.15, 0.2) is 8.32 Å². The molecule has 0 fully saturated rings. The standard InChI is InChI=1S/C26H37N3O3Si/c1-16-10-11-19(14-20(16)15-32-33(8,9)26(4,5)6)23(18(3)25(30)31)21-12-13-22-24(17(21)2)27-28-29(22)7/h10-14,18,23H,15H2,1-9H3,(H,30,31). The number of carboxylic acids is 1. The van der Waals surface area contributed by atoms with Gasteiger partial charge in [-0.1, -0.05) is 57.2 Å². The Morgan fingerprint density at radius 3 is 2.45 bits per heavy atom. The van der Waals surface area contributed by atoms with E-state index in [1.54, 1.807) is 11.6 Å². The van der Waals surface area contributed by atoms with Crippen LogP contribution in [0, 0.1) is 19.8 Å². The quantitative estimate of drug-likeness (QED) is 0.434. The number of aliphatic carboxylic acids is 1. The molecule has 0 aliphatic carbocycles. The van der Waals surface area contributed by atoms with Gasteiger partial charge < -0.3 is 9.53 Å². The normalized spacial score (nSPS) is 14.5. The molecule has 0 amide bonds. The van der Waals surface area contributed by atoms with Crippen molar-refractivity contribution in [3.63, 3.8) is 0 Å². The fourth-order valence-electron chi connectivity index (χ4n) is 3.98. The van der Waals surface area contributed by atoms with Crippen LogP contribution in [0.25, 0.3) is 11.0 Å². The van der Waals surface area contributed by atoms with Crippen molar-refractivity contribution in [1.29, 1.82) is 0 Å². The van der Waals surface area contributed by atoms with Gasteiger partial charge in [-0.05, 0) is 65.9 Å². The molecule has 0 radical (unpaired) electrons. The predicted molar refractivity (Wildman–Crippen MR) is 135 cm³/mol. The average Bonchev–Trinajstić information content (AvgIpc) is 3.10. The average molecular weight is 468 g/mol. The SMILES string of the molecule is Cc1ccc(C(c2ccc3c(nnn3C)c2C)C(C)C(=O)O)cc1CO[Si](C)(C)C(C)(C)C. The molecular weight excluding hydrogens is 430 g/mol. The lowest BCUT2D eigenvalue weighted by atomic mass is 9.79. The molecule has 2 unspecified atom stereocenters. The van der Waals surface area contributed by atoms with Crippen molar-refractivity contribution in [2.45, 2.75) is 72.2 Å². The molecule has 0 aliphatic heterocycles. The molecule has 6 nitrogen and oxygen atoms in total.